The first-order valence-corrected chi connectivity index (χ1v) is 6.75. The summed E-state index contributed by atoms with van der Waals surface area (Å²) in [6, 6.07) is 11.5. The number of carbonyl (C=O) groups excluding carboxylic acids is 1. The molecule has 0 aliphatic carbocycles. The van der Waals surface area contributed by atoms with Crippen LogP contribution in [-0.2, 0) is 16.1 Å². The van der Waals surface area contributed by atoms with Gasteiger partial charge in [-0.25, -0.2) is 0 Å². The van der Waals surface area contributed by atoms with Gasteiger partial charge >= 0.3 is 5.97 Å². The maximum Gasteiger partial charge on any atom is 0.327 e. The summed E-state index contributed by atoms with van der Waals surface area (Å²) in [5.74, 6) is 0.101. The molecule has 1 heterocycles. The van der Waals surface area contributed by atoms with Crippen molar-refractivity contribution in [3.8, 4) is 11.3 Å². The van der Waals surface area contributed by atoms with Gasteiger partial charge in [0.05, 0.1) is 12.3 Å². The van der Waals surface area contributed by atoms with Crippen LogP contribution < -0.4 is 5.73 Å². The van der Waals surface area contributed by atoms with E-state index < -0.39 is 0 Å². The molecule has 0 saturated heterocycles. The summed E-state index contributed by atoms with van der Waals surface area (Å²) < 4.78 is 6.73. The third-order valence-corrected chi connectivity index (χ3v) is 2.91. The van der Waals surface area contributed by atoms with Gasteiger partial charge in [-0.2, -0.15) is 5.10 Å². The fraction of sp³-hybridized carbons (Fsp3) is 0.333. The Kier molecular flexibility index (Phi) is 4.76. The van der Waals surface area contributed by atoms with Gasteiger partial charge < -0.3 is 10.5 Å². The van der Waals surface area contributed by atoms with Crippen LogP contribution in [0.5, 0.6) is 0 Å². The van der Waals surface area contributed by atoms with Gasteiger partial charge in [-0.15, -0.1) is 0 Å². The summed E-state index contributed by atoms with van der Waals surface area (Å²) in [7, 11) is 0. The number of nitrogens with two attached hydrogens (primary N) is 1. The molecule has 0 fully saturated rings. The molecule has 0 amide bonds. The van der Waals surface area contributed by atoms with E-state index in [1.165, 1.54) is 0 Å². The predicted octanol–water partition coefficient (Wildman–Crippen LogP) is 2.48. The molecule has 0 saturated carbocycles. The van der Waals surface area contributed by atoms with Crippen LogP contribution in [0, 0.1) is 0 Å². The van der Waals surface area contributed by atoms with Gasteiger partial charge in [0.2, 0.25) is 0 Å². The molecule has 1 aromatic carbocycles. The van der Waals surface area contributed by atoms with Crippen molar-refractivity contribution in [3.63, 3.8) is 0 Å². The lowest BCUT2D eigenvalue weighted by molar-refractivity contribution is -0.144. The smallest absolute Gasteiger partial charge is 0.327 e. The summed E-state index contributed by atoms with van der Waals surface area (Å²) in [4.78, 5) is 11.8. The van der Waals surface area contributed by atoms with Crippen molar-refractivity contribution in [2.75, 3.05) is 12.3 Å². The summed E-state index contributed by atoms with van der Waals surface area (Å²) >= 11 is 0. The molecule has 5 nitrogen and oxygen atoms in total. The van der Waals surface area contributed by atoms with Crippen molar-refractivity contribution in [2.24, 2.45) is 0 Å². The molecular weight excluding hydrogens is 254 g/mol. The van der Waals surface area contributed by atoms with Gasteiger partial charge in [0.25, 0.3) is 0 Å². The number of nitrogen functional groups attached to an aromatic ring is 1. The minimum absolute atomic E-state index is 0.0745. The number of benzene rings is 1. The number of esters is 1. The molecular formula is C15H19N3O2. The molecule has 2 N–H and O–H groups in total. The molecule has 5 heteroatoms. The minimum Gasteiger partial charge on any atom is -0.464 e. The quantitative estimate of drug-likeness (QED) is 0.648. The largest absolute Gasteiger partial charge is 0.464 e. The number of rotatable bonds is 6. The molecule has 1 aromatic heterocycles. The Morgan fingerprint density at radius 1 is 1.35 bits per heavy atom. The monoisotopic (exact) mass is 273 g/mol. The zero-order chi connectivity index (χ0) is 14.4. The normalized spacial score (nSPS) is 10.4. The maximum atomic E-state index is 11.8. The minimum atomic E-state index is -0.293. The Morgan fingerprint density at radius 2 is 2.10 bits per heavy atom. The Bertz CT molecular complexity index is 564. The third kappa shape index (κ3) is 3.60. The van der Waals surface area contributed by atoms with Crippen molar-refractivity contribution in [3.05, 3.63) is 36.4 Å². The van der Waals surface area contributed by atoms with E-state index in [1.807, 2.05) is 30.3 Å². The van der Waals surface area contributed by atoms with E-state index in [2.05, 4.69) is 12.0 Å². The number of nitrogens with zero attached hydrogens (tertiary/aromatic N) is 2. The third-order valence-electron chi connectivity index (χ3n) is 2.91. The Labute approximate surface area is 118 Å². The number of unbranched alkanes of at least 4 members (excludes halogenated alkanes) is 1. The topological polar surface area (TPSA) is 70.1 Å². The molecule has 106 valence electrons. The van der Waals surface area contributed by atoms with E-state index in [9.17, 15) is 4.79 Å². The second-order valence-corrected chi connectivity index (χ2v) is 4.55. The first-order chi connectivity index (χ1) is 9.70. The van der Waals surface area contributed by atoms with Gasteiger partial charge in [-0.05, 0) is 12.0 Å². The van der Waals surface area contributed by atoms with Crippen LogP contribution in [-0.4, -0.2) is 22.4 Å². The fourth-order valence-electron chi connectivity index (χ4n) is 1.90. The molecule has 0 spiro atoms. The van der Waals surface area contributed by atoms with Gasteiger partial charge in [0, 0.05) is 6.07 Å². The van der Waals surface area contributed by atoms with Crippen LogP contribution >= 0.6 is 0 Å². The van der Waals surface area contributed by atoms with Crippen molar-refractivity contribution in [1.29, 1.82) is 0 Å². The van der Waals surface area contributed by atoms with Gasteiger partial charge in [-0.3, -0.25) is 9.48 Å². The van der Waals surface area contributed by atoms with Crippen LogP contribution in [0.1, 0.15) is 19.8 Å². The first kappa shape index (κ1) is 14.1. The molecule has 0 unspecified atom stereocenters. The van der Waals surface area contributed by atoms with E-state index in [1.54, 1.807) is 10.7 Å². The van der Waals surface area contributed by atoms with Crippen molar-refractivity contribution < 1.29 is 9.53 Å². The van der Waals surface area contributed by atoms with E-state index in [0.717, 1.165) is 24.1 Å². The van der Waals surface area contributed by atoms with E-state index in [0.29, 0.717) is 12.4 Å². The molecule has 0 radical (unpaired) electrons. The summed E-state index contributed by atoms with van der Waals surface area (Å²) in [6.45, 7) is 2.58. The van der Waals surface area contributed by atoms with Crippen molar-refractivity contribution >= 4 is 11.8 Å². The number of hydrogen-bond donors (Lipinski definition) is 1. The van der Waals surface area contributed by atoms with Crippen LogP contribution in [0.4, 0.5) is 5.82 Å². The van der Waals surface area contributed by atoms with E-state index in [4.69, 9.17) is 10.5 Å². The summed E-state index contributed by atoms with van der Waals surface area (Å²) in [6.07, 6.45) is 1.87. The maximum absolute atomic E-state index is 11.8. The summed E-state index contributed by atoms with van der Waals surface area (Å²) in [5, 5.41) is 4.15. The lowest BCUT2D eigenvalue weighted by Crippen LogP contribution is -2.16. The number of ether oxygens (including phenoxy) is 1. The highest BCUT2D eigenvalue weighted by Crippen LogP contribution is 2.21. The zero-order valence-electron chi connectivity index (χ0n) is 11.6. The van der Waals surface area contributed by atoms with Crippen LogP contribution in [0.25, 0.3) is 11.3 Å². The molecule has 2 aromatic rings. The molecule has 0 bridgehead atoms. The van der Waals surface area contributed by atoms with Gasteiger partial charge in [-0.1, -0.05) is 43.7 Å². The highest BCUT2D eigenvalue weighted by Gasteiger charge is 2.12. The van der Waals surface area contributed by atoms with Crippen molar-refractivity contribution in [1.82, 2.24) is 9.78 Å². The van der Waals surface area contributed by atoms with E-state index in [-0.39, 0.29) is 12.5 Å². The number of hydrogen-bond acceptors (Lipinski definition) is 4. The molecule has 0 atom stereocenters. The fourth-order valence-corrected chi connectivity index (χ4v) is 1.90. The standard InChI is InChI=1S/C15H19N3O2/c1-2-3-9-20-15(19)11-18-13(10-14(16)17-18)12-7-5-4-6-8-12/h4-8,10H,2-3,9,11H2,1H3,(H2,16,17). The van der Waals surface area contributed by atoms with Crippen LogP contribution in [0.3, 0.4) is 0 Å². The lowest BCUT2D eigenvalue weighted by atomic mass is 10.1. The first-order valence-electron chi connectivity index (χ1n) is 6.75. The van der Waals surface area contributed by atoms with Crippen LogP contribution in [0.15, 0.2) is 36.4 Å². The molecule has 0 aliphatic heterocycles. The number of anilines is 1. The SMILES string of the molecule is CCCCOC(=O)Cn1nc(N)cc1-c1ccccc1. The Balaban J connectivity index is 2.10. The number of carbonyl (C=O) groups is 1. The highest BCUT2D eigenvalue weighted by molar-refractivity contribution is 5.71. The second-order valence-electron chi connectivity index (χ2n) is 4.55. The predicted molar refractivity (Wildman–Crippen MR) is 77.9 cm³/mol. The Morgan fingerprint density at radius 3 is 2.80 bits per heavy atom. The second kappa shape index (κ2) is 6.75. The van der Waals surface area contributed by atoms with Gasteiger partial charge in [0.1, 0.15) is 12.4 Å². The highest BCUT2D eigenvalue weighted by atomic mass is 16.5. The zero-order valence-corrected chi connectivity index (χ0v) is 11.6. The van der Waals surface area contributed by atoms with Crippen molar-refractivity contribution in [2.45, 2.75) is 26.3 Å². The lowest BCUT2D eigenvalue weighted by Gasteiger charge is -2.07. The summed E-state index contributed by atoms with van der Waals surface area (Å²) in [5.41, 5.74) is 7.52. The van der Waals surface area contributed by atoms with E-state index >= 15 is 0 Å². The average Bonchev–Trinajstić information content (AvgIpc) is 2.81. The number of aromatic nitrogens is 2. The van der Waals surface area contributed by atoms with Gasteiger partial charge in [0.15, 0.2) is 0 Å². The Hall–Kier alpha value is -2.30. The molecule has 0 aliphatic rings. The molecule has 2 rings (SSSR count). The molecule has 20 heavy (non-hydrogen) atoms. The van der Waals surface area contributed by atoms with Crippen LogP contribution in [0.2, 0.25) is 0 Å². The average molecular weight is 273 g/mol.